The summed E-state index contributed by atoms with van der Waals surface area (Å²) in [6.45, 7) is 5.34. The SMILES string of the molecule is CC(C)CC(NC(C)O)C(=O)N=O. The Labute approximate surface area is 77.5 Å². The first kappa shape index (κ1) is 12.2. The topological polar surface area (TPSA) is 78.8 Å². The Bertz CT molecular complexity index is 170. The number of carbonyl (C=O) groups excluding carboxylic acids is 1. The highest BCUT2D eigenvalue weighted by atomic mass is 16.3. The number of amides is 1. The number of nitroso groups, excluding NO2 is 1. The lowest BCUT2D eigenvalue weighted by molar-refractivity contribution is -0.121. The van der Waals surface area contributed by atoms with Crippen LogP contribution in [-0.2, 0) is 4.79 Å². The summed E-state index contributed by atoms with van der Waals surface area (Å²) in [4.78, 5) is 20.9. The van der Waals surface area contributed by atoms with Gasteiger partial charge in [-0.05, 0) is 19.3 Å². The quantitative estimate of drug-likeness (QED) is 0.489. The fraction of sp³-hybridized carbons (Fsp3) is 0.875. The lowest BCUT2D eigenvalue weighted by Crippen LogP contribution is -2.42. The van der Waals surface area contributed by atoms with E-state index in [9.17, 15) is 9.70 Å². The molecule has 1 amide bonds. The Balaban J connectivity index is 4.18. The highest BCUT2D eigenvalue weighted by molar-refractivity contribution is 5.82. The first-order valence-electron chi connectivity index (χ1n) is 4.28. The van der Waals surface area contributed by atoms with Gasteiger partial charge in [-0.3, -0.25) is 10.1 Å². The van der Waals surface area contributed by atoms with Crippen LogP contribution >= 0.6 is 0 Å². The Morgan fingerprint density at radius 2 is 2.00 bits per heavy atom. The summed E-state index contributed by atoms with van der Waals surface area (Å²) in [6, 6.07) is -0.669. The van der Waals surface area contributed by atoms with Crippen LogP contribution in [0.5, 0.6) is 0 Å². The van der Waals surface area contributed by atoms with Crippen molar-refractivity contribution >= 4 is 5.91 Å². The first-order chi connectivity index (χ1) is 5.97. The largest absolute Gasteiger partial charge is 0.379 e. The second-order valence-electron chi connectivity index (χ2n) is 3.45. The van der Waals surface area contributed by atoms with E-state index in [1.165, 1.54) is 6.92 Å². The van der Waals surface area contributed by atoms with Crippen LogP contribution in [0.4, 0.5) is 0 Å². The molecule has 0 saturated heterocycles. The molecule has 76 valence electrons. The normalized spacial score (nSPS) is 15.5. The maximum absolute atomic E-state index is 10.9. The molecule has 2 atom stereocenters. The first-order valence-corrected chi connectivity index (χ1v) is 4.28. The van der Waals surface area contributed by atoms with Crippen molar-refractivity contribution in [1.29, 1.82) is 0 Å². The molecule has 0 saturated carbocycles. The van der Waals surface area contributed by atoms with Crippen LogP contribution in [0.15, 0.2) is 5.18 Å². The van der Waals surface area contributed by atoms with Crippen LogP contribution in [-0.4, -0.2) is 23.3 Å². The molecule has 0 aromatic rings. The van der Waals surface area contributed by atoms with Crippen LogP contribution in [0.2, 0.25) is 0 Å². The van der Waals surface area contributed by atoms with Gasteiger partial charge in [0, 0.05) is 5.18 Å². The van der Waals surface area contributed by atoms with Gasteiger partial charge in [0.05, 0.1) is 6.04 Å². The predicted molar refractivity (Wildman–Crippen MR) is 48.9 cm³/mol. The van der Waals surface area contributed by atoms with Crippen LogP contribution in [0.3, 0.4) is 0 Å². The summed E-state index contributed by atoms with van der Waals surface area (Å²) in [5, 5.41) is 13.9. The molecule has 0 aliphatic rings. The number of hydrogen-bond donors (Lipinski definition) is 2. The van der Waals surface area contributed by atoms with Crippen molar-refractivity contribution in [3.8, 4) is 0 Å². The van der Waals surface area contributed by atoms with Crippen LogP contribution in [0.1, 0.15) is 27.2 Å². The Kier molecular flexibility index (Phi) is 5.41. The minimum atomic E-state index is -0.811. The van der Waals surface area contributed by atoms with Gasteiger partial charge in [0.1, 0.15) is 6.23 Å². The highest BCUT2D eigenvalue weighted by Gasteiger charge is 2.21. The van der Waals surface area contributed by atoms with Crippen molar-refractivity contribution in [2.24, 2.45) is 11.1 Å². The summed E-state index contributed by atoms with van der Waals surface area (Å²) in [5.41, 5.74) is 0. The zero-order valence-electron chi connectivity index (χ0n) is 8.15. The molecule has 5 heteroatoms. The molecule has 0 fully saturated rings. The molecule has 5 nitrogen and oxygen atoms in total. The van der Waals surface area contributed by atoms with Crippen molar-refractivity contribution < 1.29 is 9.90 Å². The van der Waals surface area contributed by atoms with Gasteiger partial charge in [-0.2, -0.15) is 0 Å². The molecule has 0 aliphatic carbocycles. The Morgan fingerprint density at radius 1 is 1.46 bits per heavy atom. The van der Waals surface area contributed by atoms with Crippen LogP contribution < -0.4 is 5.32 Å². The molecule has 2 unspecified atom stereocenters. The maximum atomic E-state index is 10.9. The molecule has 0 aromatic heterocycles. The van der Waals surface area contributed by atoms with E-state index in [1.807, 2.05) is 13.8 Å². The lowest BCUT2D eigenvalue weighted by atomic mass is 10.0. The third kappa shape index (κ3) is 5.43. The fourth-order valence-corrected chi connectivity index (χ4v) is 1.07. The summed E-state index contributed by atoms with van der Waals surface area (Å²) < 4.78 is 0. The van der Waals surface area contributed by atoms with Crippen molar-refractivity contribution in [3.63, 3.8) is 0 Å². The van der Waals surface area contributed by atoms with Gasteiger partial charge in [-0.25, -0.2) is 0 Å². The molecule has 0 aliphatic heterocycles. The average molecular weight is 188 g/mol. The Morgan fingerprint density at radius 3 is 2.31 bits per heavy atom. The van der Waals surface area contributed by atoms with Gasteiger partial charge in [0.2, 0.25) is 0 Å². The van der Waals surface area contributed by atoms with E-state index in [2.05, 4.69) is 10.5 Å². The van der Waals surface area contributed by atoms with E-state index >= 15 is 0 Å². The minimum Gasteiger partial charge on any atom is -0.379 e. The molecule has 13 heavy (non-hydrogen) atoms. The van der Waals surface area contributed by atoms with Gasteiger partial charge in [-0.1, -0.05) is 13.8 Å². The van der Waals surface area contributed by atoms with Crippen LogP contribution in [0.25, 0.3) is 0 Å². The summed E-state index contributed by atoms with van der Waals surface area (Å²) in [5.74, 6) is -0.489. The van der Waals surface area contributed by atoms with E-state index in [1.54, 1.807) is 0 Å². The maximum Gasteiger partial charge on any atom is 0.303 e. The van der Waals surface area contributed by atoms with E-state index in [0.29, 0.717) is 6.42 Å². The predicted octanol–water partition coefficient (Wildman–Crippen LogP) is 0.622. The molecule has 0 bridgehead atoms. The number of carbonyl (C=O) groups is 1. The number of hydrogen-bond acceptors (Lipinski definition) is 4. The highest BCUT2D eigenvalue weighted by Crippen LogP contribution is 2.06. The van der Waals surface area contributed by atoms with Gasteiger partial charge < -0.3 is 5.11 Å². The molecular formula is C8H16N2O3. The van der Waals surface area contributed by atoms with E-state index < -0.39 is 18.2 Å². The van der Waals surface area contributed by atoms with E-state index in [0.717, 1.165) is 0 Å². The molecule has 2 N–H and O–H groups in total. The zero-order valence-corrected chi connectivity index (χ0v) is 8.15. The summed E-state index contributed by atoms with van der Waals surface area (Å²) in [7, 11) is 0. The van der Waals surface area contributed by atoms with Gasteiger partial charge in [-0.15, -0.1) is 4.91 Å². The van der Waals surface area contributed by atoms with Crippen molar-refractivity contribution in [2.45, 2.75) is 39.5 Å². The van der Waals surface area contributed by atoms with Gasteiger partial charge in [0.25, 0.3) is 0 Å². The third-order valence-corrected chi connectivity index (χ3v) is 1.54. The molecule has 0 rings (SSSR count). The number of aliphatic hydroxyl groups excluding tert-OH is 1. The van der Waals surface area contributed by atoms with Crippen molar-refractivity contribution in [2.75, 3.05) is 0 Å². The molecule has 0 radical (unpaired) electrons. The fourth-order valence-electron chi connectivity index (χ4n) is 1.07. The summed E-state index contributed by atoms with van der Waals surface area (Å²) in [6.07, 6.45) is -0.315. The summed E-state index contributed by atoms with van der Waals surface area (Å²) >= 11 is 0. The third-order valence-electron chi connectivity index (χ3n) is 1.54. The number of nitrogens with zero attached hydrogens (tertiary/aromatic N) is 1. The van der Waals surface area contributed by atoms with Crippen molar-refractivity contribution in [1.82, 2.24) is 5.32 Å². The lowest BCUT2D eigenvalue weighted by Gasteiger charge is -2.17. The smallest absolute Gasteiger partial charge is 0.303 e. The van der Waals surface area contributed by atoms with Gasteiger partial charge in [0.15, 0.2) is 0 Å². The molecule has 0 spiro atoms. The zero-order chi connectivity index (χ0) is 10.4. The van der Waals surface area contributed by atoms with E-state index in [-0.39, 0.29) is 5.92 Å². The number of nitrogens with one attached hydrogen (secondary N) is 1. The second kappa shape index (κ2) is 5.77. The molecular weight excluding hydrogens is 172 g/mol. The van der Waals surface area contributed by atoms with Crippen LogP contribution in [0, 0.1) is 10.8 Å². The molecule has 0 aromatic carbocycles. The minimum absolute atomic E-state index is 0.266. The van der Waals surface area contributed by atoms with Gasteiger partial charge >= 0.3 is 5.91 Å². The monoisotopic (exact) mass is 188 g/mol. The number of rotatable bonds is 5. The van der Waals surface area contributed by atoms with Crippen molar-refractivity contribution in [3.05, 3.63) is 4.91 Å². The van der Waals surface area contributed by atoms with E-state index in [4.69, 9.17) is 5.11 Å². The number of aliphatic hydroxyl groups is 1. The molecule has 0 heterocycles. The second-order valence-corrected chi connectivity index (χ2v) is 3.45. The average Bonchev–Trinajstić information content (AvgIpc) is 2.00. The Hall–Kier alpha value is -0.810. The standard InChI is InChI=1S/C8H16N2O3/c1-5(2)4-7(8(12)10-13)9-6(3)11/h5-7,9,11H,4H2,1-3H3.